The van der Waals surface area contributed by atoms with Crippen LogP contribution in [0.1, 0.15) is 36.6 Å². The van der Waals surface area contributed by atoms with Crippen LogP contribution in [0.3, 0.4) is 0 Å². The van der Waals surface area contributed by atoms with Crippen LogP contribution in [0.5, 0.6) is 0 Å². The second-order valence-corrected chi connectivity index (χ2v) is 6.76. The van der Waals surface area contributed by atoms with Crippen molar-refractivity contribution >= 4 is 15.8 Å². The number of benzene rings is 1. The van der Waals surface area contributed by atoms with E-state index in [4.69, 9.17) is 5.26 Å². The van der Waals surface area contributed by atoms with E-state index < -0.39 is 10.0 Å². The van der Waals surface area contributed by atoms with Crippen LogP contribution in [0, 0.1) is 11.3 Å². The van der Waals surface area contributed by atoms with Crippen LogP contribution in [0.25, 0.3) is 0 Å². The van der Waals surface area contributed by atoms with E-state index in [1.54, 1.807) is 30.3 Å². The van der Waals surface area contributed by atoms with Crippen molar-refractivity contribution in [2.45, 2.75) is 25.5 Å². The molecule has 1 aromatic heterocycles. The molecule has 6 nitrogen and oxygen atoms in total. The average molecular weight is 304 g/mol. The Labute approximate surface area is 123 Å². The van der Waals surface area contributed by atoms with Gasteiger partial charge >= 0.3 is 0 Å². The lowest BCUT2D eigenvalue weighted by molar-refractivity contribution is 0.600. The van der Waals surface area contributed by atoms with E-state index in [2.05, 4.69) is 14.9 Å². The highest BCUT2D eigenvalue weighted by Crippen LogP contribution is 2.17. The number of nitriles is 1. The molecule has 0 spiro atoms. The number of aromatic amines is 1. The minimum atomic E-state index is -3.57. The predicted molar refractivity (Wildman–Crippen MR) is 80.1 cm³/mol. The van der Waals surface area contributed by atoms with E-state index in [1.165, 1.54) is 0 Å². The van der Waals surface area contributed by atoms with Crippen LogP contribution in [-0.2, 0) is 15.8 Å². The molecule has 2 rings (SSSR count). The minimum Gasteiger partial charge on any atom is -0.280 e. The van der Waals surface area contributed by atoms with Crippen molar-refractivity contribution in [1.29, 1.82) is 5.26 Å². The normalized spacial score (nSPS) is 11.3. The molecule has 0 saturated heterocycles. The Morgan fingerprint density at radius 1 is 1.38 bits per heavy atom. The Morgan fingerprint density at radius 3 is 2.76 bits per heavy atom. The molecule has 1 aromatic carbocycles. The van der Waals surface area contributed by atoms with Crippen molar-refractivity contribution < 1.29 is 8.42 Å². The van der Waals surface area contributed by atoms with E-state index in [0.717, 1.165) is 5.69 Å². The molecular weight excluding hydrogens is 288 g/mol. The molecule has 0 unspecified atom stereocenters. The number of nitrogens with zero attached hydrogens (tertiary/aromatic N) is 2. The number of H-pyrrole nitrogens is 1. The number of hydrogen-bond donors (Lipinski definition) is 2. The van der Waals surface area contributed by atoms with Crippen molar-refractivity contribution in [1.82, 2.24) is 10.2 Å². The van der Waals surface area contributed by atoms with Crippen LogP contribution in [0.2, 0.25) is 0 Å². The predicted octanol–water partition coefficient (Wildman–Crippen LogP) is 2.35. The van der Waals surface area contributed by atoms with E-state index >= 15 is 0 Å². The molecule has 110 valence electrons. The largest absolute Gasteiger partial charge is 0.280 e. The molecule has 7 heteroatoms. The Balaban J connectivity index is 2.12. The second-order valence-electron chi connectivity index (χ2n) is 5.04. The second kappa shape index (κ2) is 5.97. The summed E-state index contributed by atoms with van der Waals surface area (Å²) in [5.74, 6) is 0.310. The molecule has 0 aliphatic heterocycles. The fraction of sp³-hybridized carbons (Fsp3) is 0.286. The fourth-order valence-corrected chi connectivity index (χ4v) is 2.94. The van der Waals surface area contributed by atoms with Crippen LogP contribution in [-0.4, -0.2) is 18.6 Å². The van der Waals surface area contributed by atoms with Gasteiger partial charge in [-0.05, 0) is 23.6 Å². The van der Waals surface area contributed by atoms with Gasteiger partial charge in [0.25, 0.3) is 0 Å². The maximum Gasteiger partial charge on any atom is 0.238 e. The van der Waals surface area contributed by atoms with Gasteiger partial charge in [0.1, 0.15) is 0 Å². The summed E-state index contributed by atoms with van der Waals surface area (Å²) < 4.78 is 26.6. The first-order valence-electron chi connectivity index (χ1n) is 6.44. The third-order valence-corrected chi connectivity index (χ3v) is 4.13. The zero-order valence-electron chi connectivity index (χ0n) is 11.8. The highest BCUT2D eigenvalue weighted by Gasteiger charge is 2.14. The van der Waals surface area contributed by atoms with Crippen LogP contribution < -0.4 is 4.72 Å². The van der Waals surface area contributed by atoms with Crippen molar-refractivity contribution in [3.05, 3.63) is 47.2 Å². The topological polar surface area (TPSA) is 98.6 Å². The summed E-state index contributed by atoms with van der Waals surface area (Å²) >= 11 is 0. The fourth-order valence-electron chi connectivity index (χ4n) is 1.83. The van der Waals surface area contributed by atoms with Gasteiger partial charge in [0, 0.05) is 11.8 Å². The van der Waals surface area contributed by atoms with E-state index in [9.17, 15) is 8.42 Å². The molecule has 0 atom stereocenters. The zero-order chi connectivity index (χ0) is 15.5. The quantitative estimate of drug-likeness (QED) is 0.885. The summed E-state index contributed by atoms with van der Waals surface area (Å²) in [6, 6.07) is 10.2. The van der Waals surface area contributed by atoms with Gasteiger partial charge in [0.2, 0.25) is 10.0 Å². The Hall–Kier alpha value is -2.33. The lowest BCUT2D eigenvalue weighted by Gasteiger charge is -2.05. The SMILES string of the molecule is CC(C)c1cc(NS(=O)(=O)Cc2cccc(C#N)c2)n[nH]1. The summed E-state index contributed by atoms with van der Waals surface area (Å²) in [6.07, 6.45) is 0. The molecular formula is C14H16N4O2S. The summed E-state index contributed by atoms with van der Waals surface area (Å²) in [5, 5.41) is 15.5. The van der Waals surface area contributed by atoms with Crippen molar-refractivity contribution in [3.8, 4) is 6.07 Å². The average Bonchev–Trinajstić information content (AvgIpc) is 2.86. The van der Waals surface area contributed by atoms with Crippen LogP contribution in [0.15, 0.2) is 30.3 Å². The molecule has 0 bridgehead atoms. The Bertz CT molecular complexity index is 772. The number of aromatic nitrogens is 2. The van der Waals surface area contributed by atoms with Crippen molar-refractivity contribution in [2.75, 3.05) is 4.72 Å². The molecule has 0 saturated carbocycles. The summed E-state index contributed by atoms with van der Waals surface area (Å²) in [7, 11) is -3.57. The molecule has 0 fully saturated rings. The Morgan fingerprint density at radius 2 is 2.14 bits per heavy atom. The molecule has 0 amide bonds. The molecule has 0 aliphatic carbocycles. The van der Waals surface area contributed by atoms with Crippen LogP contribution >= 0.6 is 0 Å². The zero-order valence-corrected chi connectivity index (χ0v) is 12.6. The molecule has 0 radical (unpaired) electrons. The lowest BCUT2D eigenvalue weighted by atomic mass is 10.1. The molecule has 1 heterocycles. The Kier molecular flexibility index (Phi) is 4.29. The molecule has 2 N–H and O–H groups in total. The van der Waals surface area contributed by atoms with Gasteiger partial charge in [-0.25, -0.2) is 8.42 Å². The molecule has 2 aromatic rings. The number of nitrogens with one attached hydrogen (secondary N) is 2. The number of hydrogen-bond acceptors (Lipinski definition) is 4. The summed E-state index contributed by atoms with van der Waals surface area (Å²) in [6.45, 7) is 3.97. The first-order chi connectivity index (χ1) is 9.89. The highest BCUT2D eigenvalue weighted by molar-refractivity contribution is 7.91. The third kappa shape index (κ3) is 4.07. The maximum absolute atomic E-state index is 12.1. The molecule has 0 aliphatic rings. The van der Waals surface area contributed by atoms with E-state index in [-0.39, 0.29) is 17.5 Å². The van der Waals surface area contributed by atoms with E-state index in [1.807, 2.05) is 19.9 Å². The summed E-state index contributed by atoms with van der Waals surface area (Å²) in [5.41, 5.74) is 1.85. The molecule has 21 heavy (non-hydrogen) atoms. The van der Waals surface area contributed by atoms with E-state index in [0.29, 0.717) is 11.1 Å². The van der Waals surface area contributed by atoms with Crippen LogP contribution in [0.4, 0.5) is 5.82 Å². The first kappa shape index (κ1) is 15.1. The van der Waals surface area contributed by atoms with Gasteiger partial charge in [0.15, 0.2) is 5.82 Å². The lowest BCUT2D eigenvalue weighted by Crippen LogP contribution is -2.15. The van der Waals surface area contributed by atoms with Gasteiger partial charge in [-0.1, -0.05) is 26.0 Å². The summed E-state index contributed by atoms with van der Waals surface area (Å²) in [4.78, 5) is 0. The highest BCUT2D eigenvalue weighted by atomic mass is 32.2. The first-order valence-corrected chi connectivity index (χ1v) is 8.09. The van der Waals surface area contributed by atoms with Gasteiger partial charge < -0.3 is 0 Å². The maximum atomic E-state index is 12.1. The van der Waals surface area contributed by atoms with Gasteiger partial charge in [-0.2, -0.15) is 10.4 Å². The van der Waals surface area contributed by atoms with Gasteiger partial charge in [0.05, 0.1) is 17.4 Å². The van der Waals surface area contributed by atoms with Crippen molar-refractivity contribution in [2.24, 2.45) is 0 Å². The van der Waals surface area contributed by atoms with Crippen molar-refractivity contribution in [3.63, 3.8) is 0 Å². The van der Waals surface area contributed by atoms with Gasteiger partial charge in [-0.15, -0.1) is 0 Å². The number of rotatable bonds is 5. The number of sulfonamides is 1. The third-order valence-electron chi connectivity index (χ3n) is 2.89. The van der Waals surface area contributed by atoms with Gasteiger partial charge in [-0.3, -0.25) is 9.82 Å². The minimum absolute atomic E-state index is 0.202. The smallest absolute Gasteiger partial charge is 0.238 e. The number of anilines is 1. The standard InChI is InChI=1S/C14H16N4O2S/c1-10(2)13-7-14(17-16-13)18-21(19,20)9-12-5-3-4-11(6-12)8-15/h3-7,10H,9H2,1-2H3,(H2,16,17,18). The monoisotopic (exact) mass is 304 g/mol.